The third-order valence-corrected chi connectivity index (χ3v) is 4.63. The first-order valence-electron chi connectivity index (χ1n) is 7.54. The first kappa shape index (κ1) is 13.9. The van der Waals surface area contributed by atoms with E-state index in [1.54, 1.807) is 4.90 Å². The monoisotopic (exact) mass is 288 g/mol. The summed E-state index contributed by atoms with van der Waals surface area (Å²) < 4.78 is 0. The molecule has 1 aliphatic carbocycles. The molecule has 1 heterocycles. The maximum Gasteiger partial charge on any atom is 0.326 e. The number of carbonyl (C=O) groups excluding carboxylic acids is 1. The highest BCUT2D eigenvalue weighted by molar-refractivity contribution is 5.93. The van der Waals surface area contributed by atoms with Crippen LogP contribution >= 0.6 is 0 Å². The van der Waals surface area contributed by atoms with Crippen LogP contribution < -0.4 is 5.32 Å². The molecule has 3 rings (SSSR count). The molecular weight excluding hydrogens is 268 g/mol. The van der Waals surface area contributed by atoms with Crippen LogP contribution in [0, 0.1) is 5.92 Å². The summed E-state index contributed by atoms with van der Waals surface area (Å²) in [4.78, 5) is 25.6. The van der Waals surface area contributed by atoms with Gasteiger partial charge in [-0.05, 0) is 37.3 Å². The molecule has 2 aliphatic rings. The Balaban J connectivity index is 1.79. The predicted octanol–water partition coefficient (Wildman–Crippen LogP) is 2.94. The van der Waals surface area contributed by atoms with Crippen molar-refractivity contribution in [3.05, 3.63) is 30.3 Å². The number of carboxylic acid groups (broad SMARTS) is 1. The van der Waals surface area contributed by atoms with Gasteiger partial charge in [0.05, 0.1) is 0 Å². The Morgan fingerprint density at radius 3 is 2.57 bits per heavy atom. The molecule has 5 heteroatoms. The number of carboxylic acids is 1. The van der Waals surface area contributed by atoms with E-state index in [4.69, 9.17) is 0 Å². The summed E-state index contributed by atoms with van der Waals surface area (Å²) in [5, 5.41) is 12.2. The van der Waals surface area contributed by atoms with E-state index in [1.165, 1.54) is 0 Å². The van der Waals surface area contributed by atoms with Crippen molar-refractivity contribution in [1.82, 2.24) is 4.90 Å². The zero-order chi connectivity index (χ0) is 14.8. The van der Waals surface area contributed by atoms with Crippen molar-refractivity contribution in [3.8, 4) is 0 Å². The van der Waals surface area contributed by atoms with Crippen LogP contribution in [0.25, 0.3) is 0 Å². The van der Waals surface area contributed by atoms with Gasteiger partial charge >= 0.3 is 12.0 Å². The zero-order valence-electron chi connectivity index (χ0n) is 11.9. The third-order valence-electron chi connectivity index (χ3n) is 4.63. The SMILES string of the molecule is O=C(O)[C@H]1C[C@@H]2CCCC[C@H]2N1C(=O)Nc1ccccc1. The largest absolute Gasteiger partial charge is 0.480 e. The minimum atomic E-state index is -0.896. The lowest BCUT2D eigenvalue weighted by molar-refractivity contribution is -0.141. The van der Waals surface area contributed by atoms with Gasteiger partial charge in [0.25, 0.3) is 0 Å². The number of carbonyl (C=O) groups is 2. The van der Waals surface area contributed by atoms with E-state index < -0.39 is 12.0 Å². The number of anilines is 1. The lowest BCUT2D eigenvalue weighted by Crippen LogP contribution is -2.48. The van der Waals surface area contributed by atoms with E-state index in [1.807, 2.05) is 30.3 Å². The molecule has 1 aromatic rings. The van der Waals surface area contributed by atoms with Crippen molar-refractivity contribution in [2.45, 2.75) is 44.2 Å². The van der Waals surface area contributed by atoms with Crippen molar-refractivity contribution in [1.29, 1.82) is 0 Å². The molecule has 0 aromatic heterocycles. The number of urea groups is 1. The number of aliphatic carboxylic acids is 1. The molecule has 5 nitrogen and oxygen atoms in total. The molecule has 3 atom stereocenters. The maximum absolute atomic E-state index is 12.5. The highest BCUT2D eigenvalue weighted by atomic mass is 16.4. The molecule has 1 aliphatic heterocycles. The summed E-state index contributed by atoms with van der Waals surface area (Å²) in [6.07, 6.45) is 4.74. The minimum Gasteiger partial charge on any atom is -0.480 e. The maximum atomic E-state index is 12.5. The Morgan fingerprint density at radius 1 is 1.14 bits per heavy atom. The second kappa shape index (κ2) is 5.76. The van der Waals surface area contributed by atoms with Gasteiger partial charge in [0.15, 0.2) is 0 Å². The summed E-state index contributed by atoms with van der Waals surface area (Å²) in [6, 6.07) is 8.27. The molecule has 2 fully saturated rings. The van der Waals surface area contributed by atoms with Gasteiger partial charge in [-0.2, -0.15) is 0 Å². The minimum absolute atomic E-state index is 0.0727. The Labute approximate surface area is 123 Å². The standard InChI is InChI=1S/C16H20N2O3/c19-15(20)14-10-11-6-4-5-9-13(11)18(14)16(21)17-12-7-2-1-3-8-12/h1-3,7-8,11,13-14H,4-6,9-10H2,(H,17,21)(H,19,20)/t11-,13+,14+/m0/s1. The van der Waals surface area contributed by atoms with Crippen molar-refractivity contribution < 1.29 is 14.7 Å². The van der Waals surface area contributed by atoms with E-state index in [-0.39, 0.29) is 12.1 Å². The molecule has 2 N–H and O–H groups in total. The summed E-state index contributed by atoms with van der Waals surface area (Å²) in [7, 11) is 0. The van der Waals surface area contributed by atoms with E-state index in [0.717, 1.165) is 25.7 Å². The lowest BCUT2D eigenvalue weighted by atomic mass is 9.85. The van der Waals surface area contributed by atoms with Gasteiger partial charge in [0.1, 0.15) is 6.04 Å². The second-order valence-electron chi connectivity index (χ2n) is 5.91. The van der Waals surface area contributed by atoms with E-state index in [9.17, 15) is 14.7 Å². The van der Waals surface area contributed by atoms with Gasteiger partial charge < -0.3 is 15.3 Å². The molecule has 0 spiro atoms. The molecular formula is C16H20N2O3. The Bertz CT molecular complexity index is 532. The first-order chi connectivity index (χ1) is 10.2. The fourth-order valence-electron chi connectivity index (χ4n) is 3.68. The summed E-state index contributed by atoms with van der Waals surface area (Å²) in [6.45, 7) is 0. The summed E-state index contributed by atoms with van der Waals surface area (Å²) >= 11 is 0. The fourth-order valence-corrected chi connectivity index (χ4v) is 3.68. The number of para-hydroxylation sites is 1. The number of amides is 2. The van der Waals surface area contributed by atoms with E-state index >= 15 is 0 Å². The first-order valence-corrected chi connectivity index (χ1v) is 7.54. The van der Waals surface area contributed by atoms with Crippen molar-refractivity contribution in [3.63, 3.8) is 0 Å². The molecule has 0 bridgehead atoms. The van der Waals surface area contributed by atoms with Crippen LogP contribution in [0.15, 0.2) is 30.3 Å². The third kappa shape index (κ3) is 2.73. The van der Waals surface area contributed by atoms with E-state index in [0.29, 0.717) is 18.0 Å². The number of hydrogen-bond acceptors (Lipinski definition) is 2. The molecule has 21 heavy (non-hydrogen) atoms. The smallest absolute Gasteiger partial charge is 0.326 e. The normalized spacial score (nSPS) is 28.0. The van der Waals surface area contributed by atoms with Gasteiger partial charge in [0, 0.05) is 11.7 Å². The lowest BCUT2D eigenvalue weighted by Gasteiger charge is -2.32. The number of hydrogen-bond donors (Lipinski definition) is 2. The Hall–Kier alpha value is -2.04. The number of nitrogens with zero attached hydrogens (tertiary/aromatic N) is 1. The molecule has 112 valence electrons. The molecule has 2 amide bonds. The fraction of sp³-hybridized carbons (Fsp3) is 0.500. The number of likely N-dealkylation sites (tertiary alicyclic amines) is 1. The van der Waals surface area contributed by atoms with E-state index in [2.05, 4.69) is 5.32 Å². The van der Waals surface area contributed by atoms with Crippen LogP contribution in [0.3, 0.4) is 0 Å². The van der Waals surface area contributed by atoms with Crippen LogP contribution in [0.2, 0.25) is 0 Å². The highest BCUT2D eigenvalue weighted by Crippen LogP contribution is 2.40. The van der Waals surface area contributed by atoms with Crippen LogP contribution in [0.4, 0.5) is 10.5 Å². The Kier molecular flexibility index (Phi) is 3.82. The highest BCUT2D eigenvalue weighted by Gasteiger charge is 2.47. The van der Waals surface area contributed by atoms with Gasteiger partial charge in [-0.25, -0.2) is 9.59 Å². The molecule has 0 radical (unpaired) electrons. The van der Waals surface area contributed by atoms with Gasteiger partial charge in [-0.1, -0.05) is 31.0 Å². The predicted molar refractivity (Wildman–Crippen MR) is 79.1 cm³/mol. The van der Waals surface area contributed by atoms with Crippen LogP contribution in [-0.2, 0) is 4.79 Å². The summed E-state index contributed by atoms with van der Waals surface area (Å²) in [5.74, 6) is -0.561. The van der Waals surface area contributed by atoms with Crippen molar-refractivity contribution >= 4 is 17.7 Å². The van der Waals surface area contributed by atoms with Crippen molar-refractivity contribution in [2.75, 3.05) is 5.32 Å². The van der Waals surface area contributed by atoms with Gasteiger partial charge in [-0.3, -0.25) is 0 Å². The number of rotatable bonds is 2. The molecule has 1 saturated carbocycles. The summed E-state index contributed by atoms with van der Waals surface area (Å²) in [5.41, 5.74) is 0.700. The second-order valence-corrected chi connectivity index (χ2v) is 5.91. The number of benzene rings is 1. The molecule has 1 saturated heterocycles. The Morgan fingerprint density at radius 2 is 1.86 bits per heavy atom. The van der Waals surface area contributed by atoms with Crippen LogP contribution in [0.5, 0.6) is 0 Å². The number of fused-ring (bicyclic) bond motifs is 1. The molecule has 1 aromatic carbocycles. The zero-order valence-corrected chi connectivity index (χ0v) is 11.9. The quantitative estimate of drug-likeness (QED) is 0.879. The van der Waals surface area contributed by atoms with Gasteiger partial charge in [0.2, 0.25) is 0 Å². The van der Waals surface area contributed by atoms with Crippen molar-refractivity contribution in [2.24, 2.45) is 5.92 Å². The number of nitrogens with one attached hydrogen (secondary N) is 1. The average molecular weight is 288 g/mol. The average Bonchev–Trinajstić information content (AvgIpc) is 2.88. The topological polar surface area (TPSA) is 69.6 Å². The van der Waals surface area contributed by atoms with Crippen LogP contribution in [0.1, 0.15) is 32.1 Å². The molecule has 0 unspecified atom stereocenters. The van der Waals surface area contributed by atoms with Gasteiger partial charge in [-0.15, -0.1) is 0 Å². The van der Waals surface area contributed by atoms with Crippen LogP contribution in [-0.4, -0.2) is 34.1 Å².